The van der Waals surface area contributed by atoms with E-state index in [1.54, 1.807) is 21.3 Å². The van der Waals surface area contributed by atoms with Crippen LogP contribution < -0.4 is 0 Å². The molecule has 0 aliphatic heterocycles. The van der Waals surface area contributed by atoms with Crippen molar-refractivity contribution in [3.8, 4) is 0 Å². The molecule has 0 N–H and O–H groups in total. The Morgan fingerprint density at radius 2 is 0.765 bits per heavy atom. The molecule has 0 amide bonds. The fourth-order valence-corrected chi connectivity index (χ4v) is 7.44. The quantitative estimate of drug-likeness (QED) is 0.159. The molecule has 0 aliphatic rings. The van der Waals surface area contributed by atoms with Gasteiger partial charge in [0, 0.05) is 52.4 Å². The zero-order valence-corrected chi connectivity index (χ0v) is 25.6. The summed E-state index contributed by atoms with van der Waals surface area (Å²) in [5, 5.41) is 0. The van der Waals surface area contributed by atoms with Crippen molar-refractivity contribution in [3.63, 3.8) is 0 Å². The van der Waals surface area contributed by atoms with Gasteiger partial charge in [-0.2, -0.15) is 0 Å². The molecule has 0 aromatic heterocycles. The van der Waals surface area contributed by atoms with E-state index in [1.165, 1.54) is 77.8 Å². The molecule has 0 aliphatic carbocycles. The summed E-state index contributed by atoms with van der Waals surface area (Å²) < 4.78 is 17.7. The van der Waals surface area contributed by atoms with Gasteiger partial charge in [0.1, 0.15) is 0 Å². The first-order valence-electron chi connectivity index (χ1n) is 14.2. The van der Waals surface area contributed by atoms with Crippen molar-refractivity contribution >= 4 is 8.80 Å². The highest BCUT2D eigenvalue weighted by atomic mass is 28.4. The van der Waals surface area contributed by atoms with Crippen molar-refractivity contribution < 1.29 is 13.3 Å². The van der Waals surface area contributed by atoms with Crippen LogP contribution in [0, 0.1) is 5.41 Å². The molecule has 0 fully saturated rings. The van der Waals surface area contributed by atoms with Crippen molar-refractivity contribution in [2.45, 2.75) is 92.5 Å². The highest BCUT2D eigenvalue weighted by molar-refractivity contribution is 6.60. The van der Waals surface area contributed by atoms with Crippen LogP contribution in [0.2, 0.25) is 6.04 Å². The van der Waals surface area contributed by atoms with E-state index in [1.807, 2.05) is 0 Å². The van der Waals surface area contributed by atoms with Crippen LogP contribution in [0.5, 0.6) is 0 Å². The summed E-state index contributed by atoms with van der Waals surface area (Å²) in [6, 6.07) is 0.862. The fourth-order valence-electron chi connectivity index (χ4n) is 5.49. The highest BCUT2D eigenvalue weighted by Gasteiger charge is 2.43. The van der Waals surface area contributed by atoms with Crippen molar-refractivity contribution in [1.82, 2.24) is 14.7 Å². The third-order valence-electron chi connectivity index (χ3n) is 6.81. The SMILES string of the molecule is CCCN(CCC)CC(CC[Si](OC)(OC)OC)(CN(CCC)CCC)CN(CCC)CCC. The Labute approximate surface area is 215 Å². The van der Waals surface area contributed by atoms with Gasteiger partial charge in [0.2, 0.25) is 0 Å². The summed E-state index contributed by atoms with van der Waals surface area (Å²) in [5.74, 6) is 0. The molecular weight excluding hydrogens is 442 g/mol. The summed E-state index contributed by atoms with van der Waals surface area (Å²) in [4.78, 5) is 8.17. The van der Waals surface area contributed by atoms with Gasteiger partial charge in [0.15, 0.2) is 0 Å². The van der Waals surface area contributed by atoms with E-state index in [0.29, 0.717) is 0 Å². The maximum Gasteiger partial charge on any atom is 0.500 e. The van der Waals surface area contributed by atoms with Crippen molar-refractivity contribution in [1.29, 1.82) is 0 Å². The molecule has 0 spiro atoms. The Kier molecular flexibility index (Phi) is 20.1. The van der Waals surface area contributed by atoms with E-state index < -0.39 is 8.80 Å². The van der Waals surface area contributed by atoms with Gasteiger partial charge in [-0.15, -0.1) is 0 Å². The second kappa shape index (κ2) is 20.1. The van der Waals surface area contributed by atoms with Crippen LogP contribution in [0.25, 0.3) is 0 Å². The zero-order valence-electron chi connectivity index (χ0n) is 24.6. The van der Waals surface area contributed by atoms with Gasteiger partial charge in [0.25, 0.3) is 0 Å². The maximum atomic E-state index is 5.89. The minimum Gasteiger partial charge on any atom is -0.377 e. The van der Waals surface area contributed by atoms with Crippen molar-refractivity contribution in [3.05, 3.63) is 0 Å². The van der Waals surface area contributed by atoms with Crippen LogP contribution in [-0.2, 0) is 13.3 Å². The van der Waals surface area contributed by atoms with Crippen molar-refractivity contribution in [2.24, 2.45) is 5.41 Å². The number of rotatable bonds is 24. The van der Waals surface area contributed by atoms with E-state index in [-0.39, 0.29) is 5.41 Å². The number of hydrogen-bond donors (Lipinski definition) is 0. The largest absolute Gasteiger partial charge is 0.500 e. The van der Waals surface area contributed by atoms with E-state index in [4.69, 9.17) is 13.3 Å². The first-order valence-corrected chi connectivity index (χ1v) is 16.1. The molecule has 0 aromatic rings. The molecule has 6 nitrogen and oxygen atoms in total. The molecule has 0 saturated carbocycles. The molecule has 0 atom stereocenters. The van der Waals surface area contributed by atoms with E-state index >= 15 is 0 Å². The van der Waals surface area contributed by atoms with Crippen LogP contribution in [0.4, 0.5) is 0 Å². The highest BCUT2D eigenvalue weighted by Crippen LogP contribution is 2.33. The van der Waals surface area contributed by atoms with Crippen LogP contribution in [-0.4, -0.2) is 104 Å². The Balaban J connectivity index is 6.32. The average Bonchev–Trinajstić information content (AvgIpc) is 2.81. The summed E-state index contributed by atoms with van der Waals surface area (Å²) in [6.07, 6.45) is 8.25. The van der Waals surface area contributed by atoms with Gasteiger partial charge >= 0.3 is 8.80 Å². The first kappa shape index (κ1) is 34.0. The van der Waals surface area contributed by atoms with Gasteiger partial charge in [-0.25, -0.2) is 0 Å². The van der Waals surface area contributed by atoms with Crippen LogP contribution >= 0.6 is 0 Å². The zero-order chi connectivity index (χ0) is 25.9. The normalized spacial score (nSPS) is 13.1. The maximum absolute atomic E-state index is 5.89. The molecule has 0 saturated heterocycles. The molecule has 206 valence electrons. The van der Waals surface area contributed by atoms with Crippen LogP contribution in [0.1, 0.15) is 86.5 Å². The Hall–Kier alpha value is -0.0231. The molecule has 34 heavy (non-hydrogen) atoms. The van der Waals surface area contributed by atoms with Crippen molar-refractivity contribution in [2.75, 3.05) is 80.2 Å². The predicted octanol–water partition coefficient (Wildman–Crippen LogP) is 5.61. The van der Waals surface area contributed by atoms with Gasteiger partial charge in [-0.3, -0.25) is 0 Å². The fraction of sp³-hybridized carbons (Fsp3) is 1.00. The summed E-state index contributed by atoms with van der Waals surface area (Å²) in [7, 11) is 2.61. The smallest absolute Gasteiger partial charge is 0.377 e. The Morgan fingerprint density at radius 1 is 0.500 bits per heavy atom. The third kappa shape index (κ3) is 12.8. The molecule has 0 radical (unpaired) electrons. The summed E-state index contributed by atoms with van der Waals surface area (Å²) >= 11 is 0. The minimum absolute atomic E-state index is 0.146. The molecule has 0 unspecified atom stereocenters. The van der Waals surface area contributed by atoms with Gasteiger partial charge in [-0.1, -0.05) is 41.5 Å². The van der Waals surface area contributed by atoms with Crippen LogP contribution in [0.3, 0.4) is 0 Å². The van der Waals surface area contributed by atoms with E-state index in [2.05, 4.69) is 56.2 Å². The second-order valence-corrected chi connectivity index (χ2v) is 13.2. The molecule has 0 aromatic carbocycles. The lowest BCUT2D eigenvalue weighted by Crippen LogP contribution is -2.54. The predicted molar refractivity (Wildman–Crippen MR) is 150 cm³/mol. The van der Waals surface area contributed by atoms with E-state index in [9.17, 15) is 0 Å². The standard InChI is InChI=1S/C27H61N3O3Si/c1-10-17-28(18-11-2)24-27(25-29(19-12-3)20-13-4,26-30(21-14-5)22-15-6)16-23-34(31-7,32-8)33-9/h10-26H2,1-9H3. The average molecular weight is 504 g/mol. The number of hydrogen-bond acceptors (Lipinski definition) is 6. The Morgan fingerprint density at radius 3 is 0.971 bits per heavy atom. The third-order valence-corrected chi connectivity index (χ3v) is 9.54. The second-order valence-electron chi connectivity index (χ2n) is 10.1. The summed E-state index contributed by atoms with van der Waals surface area (Å²) in [6.45, 7) is 24.2. The summed E-state index contributed by atoms with van der Waals surface area (Å²) in [5.41, 5.74) is 0.146. The lowest BCUT2D eigenvalue weighted by Gasteiger charge is -2.45. The molecular formula is C27H61N3O3Si. The van der Waals surface area contributed by atoms with Crippen LogP contribution in [0.15, 0.2) is 0 Å². The van der Waals surface area contributed by atoms with E-state index in [0.717, 1.165) is 32.1 Å². The topological polar surface area (TPSA) is 37.4 Å². The molecule has 0 heterocycles. The lowest BCUT2D eigenvalue weighted by atomic mass is 9.82. The monoisotopic (exact) mass is 503 g/mol. The lowest BCUT2D eigenvalue weighted by molar-refractivity contribution is 0.0419. The Bertz CT molecular complexity index is 395. The molecule has 0 rings (SSSR count). The first-order chi connectivity index (χ1) is 16.4. The molecule has 7 heteroatoms. The molecule has 0 bridgehead atoms. The van der Waals surface area contributed by atoms with Gasteiger partial charge < -0.3 is 28.0 Å². The number of nitrogens with zero attached hydrogens (tertiary/aromatic N) is 3. The van der Waals surface area contributed by atoms with Gasteiger partial charge in [-0.05, 0) is 84.2 Å². The van der Waals surface area contributed by atoms with Gasteiger partial charge in [0.05, 0.1) is 0 Å². The minimum atomic E-state index is -2.65.